The predicted octanol–water partition coefficient (Wildman–Crippen LogP) is 3.79. The van der Waals surface area contributed by atoms with Crippen LogP contribution in [0.3, 0.4) is 0 Å². The van der Waals surface area contributed by atoms with E-state index in [1.54, 1.807) is 0 Å². The van der Waals surface area contributed by atoms with Crippen LogP contribution in [-0.4, -0.2) is 41.6 Å². The average molecular weight is 330 g/mol. The van der Waals surface area contributed by atoms with E-state index in [2.05, 4.69) is 43.1 Å². The van der Waals surface area contributed by atoms with E-state index in [0.717, 1.165) is 10.6 Å². The van der Waals surface area contributed by atoms with Crippen molar-refractivity contribution in [1.82, 2.24) is 9.88 Å². The Bertz CT molecular complexity index is 679. The van der Waals surface area contributed by atoms with Crippen molar-refractivity contribution in [3.8, 4) is 10.6 Å². The number of hydrogen-bond acceptors (Lipinski definition) is 4. The monoisotopic (exact) mass is 330 g/mol. The average Bonchev–Trinajstić information content (AvgIpc) is 3.04. The van der Waals surface area contributed by atoms with Crippen molar-refractivity contribution in [3.05, 3.63) is 40.9 Å². The highest BCUT2D eigenvalue weighted by molar-refractivity contribution is 7.13. The van der Waals surface area contributed by atoms with Gasteiger partial charge in [0.25, 0.3) is 5.91 Å². The molecule has 4 nitrogen and oxygen atoms in total. The van der Waals surface area contributed by atoms with E-state index in [1.165, 1.54) is 16.9 Å². The first kappa shape index (κ1) is 16.1. The first-order chi connectivity index (χ1) is 11.0. The molecule has 1 aromatic carbocycles. The zero-order chi connectivity index (χ0) is 16.4. The molecule has 0 radical (unpaired) electrons. The van der Waals surface area contributed by atoms with Crippen molar-refractivity contribution in [2.45, 2.75) is 32.8 Å². The van der Waals surface area contributed by atoms with E-state index in [1.807, 2.05) is 17.2 Å². The lowest BCUT2D eigenvalue weighted by molar-refractivity contribution is -0.0126. The predicted molar refractivity (Wildman–Crippen MR) is 93.0 cm³/mol. The number of rotatable bonds is 3. The van der Waals surface area contributed by atoms with Crippen LogP contribution >= 0.6 is 11.3 Å². The molecule has 23 heavy (non-hydrogen) atoms. The van der Waals surface area contributed by atoms with E-state index < -0.39 is 0 Å². The van der Waals surface area contributed by atoms with Crippen molar-refractivity contribution >= 4 is 17.2 Å². The second-order valence-electron chi connectivity index (χ2n) is 6.25. The first-order valence-electron chi connectivity index (χ1n) is 8.01. The van der Waals surface area contributed by atoms with Gasteiger partial charge in [0.05, 0.1) is 12.7 Å². The molecular weight excluding hydrogens is 308 g/mol. The standard InChI is InChI=1S/C18H22N2O2S/c1-12(2)14-4-6-15(7-5-14)17-19-16(11-23-17)18(21)20-8-9-22-13(3)10-20/h4-7,11-13H,8-10H2,1-3H3/t13-/m1/s1. The summed E-state index contributed by atoms with van der Waals surface area (Å²) >= 11 is 1.52. The minimum Gasteiger partial charge on any atom is -0.375 e. The van der Waals surface area contributed by atoms with Gasteiger partial charge in [-0.15, -0.1) is 11.3 Å². The Morgan fingerprint density at radius 3 is 2.74 bits per heavy atom. The highest BCUT2D eigenvalue weighted by Gasteiger charge is 2.24. The van der Waals surface area contributed by atoms with Gasteiger partial charge in [0, 0.05) is 24.0 Å². The first-order valence-corrected chi connectivity index (χ1v) is 8.89. The Labute approximate surface area is 141 Å². The summed E-state index contributed by atoms with van der Waals surface area (Å²) in [6.45, 7) is 8.22. The molecule has 1 aliphatic rings. The molecule has 1 atom stereocenters. The fourth-order valence-electron chi connectivity index (χ4n) is 2.68. The number of amides is 1. The molecule has 3 rings (SSSR count). The Balaban J connectivity index is 1.76. The summed E-state index contributed by atoms with van der Waals surface area (Å²) < 4.78 is 5.49. The lowest BCUT2D eigenvalue weighted by Crippen LogP contribution is -2.44. The van der Waals surface area contributed by atoms with Gasteiger partial charge in [-0.3, -0.25) is 4.79 Å². The summed E-state index contributed by atoms with van der Waals surface area (Å²) in [6.07, 6.45) is 0.0920. The van der Waals surface area contributed by atoms with Gasteiger partial charge in [0.1, 0.15) is 10.7 Å². The van der Waals surface area contributed by atoms with Gasteiger partial charge < -0.3 is 9.64 Å². The molecule has 1 aromatic heterocycles. The van der Waals surface area contributed by atoms with Crippen LogP contribution in [0.5, 0.6) is 0 Å². The molecule has 1 amide bonds. The fourth-order valence-corrected chi connectivity index (χ4v) is 3.48. The maximum absolute atomic E-state index is 12.5. The zero-order valence-corrected chi connectivity index (χ0v) is 14.6. The fraction of sp³-hybridized carbons (Fsp3) is 0.444. The van der Waals surface area contributed by atoms with E-state index in [-0.39, 0.29) is 12.0 Å². The van der Waals surface area contributed by atoms with Gasteiger partial charge in [-0.05, 0) is 18.4 Å². The van der Waals surface area contributed by atoms with Crippen molar-refractivity contribution in [3.63, 3.8) is 0 Å². The maximum atomic E-state index is 12.5. The van der Waals surface area contributed by atoms with Gasteiger partial charge in [-0.1, -0.05) is 38.1 Å². The number of thiazole rings is 1. The smallest absolute Gasteiger partial charge is 0.273 e. The highest BCUT2D eigenvalue weighted by Crippen LogP contribution is 2.26. The minimum atomic E-state index is 0.00134. The molecule has 2 aromatic rings. The molecule has 0 bridgehead atoms. The topological polar surface area (TPSA) is 42.4 Å². The van der Waals surface area contributed by atoms with Crippen LogP contribution in [0.2, 0.25) is 0 Å². The number of morpholine rings is 1. The second kappa shape index (κ2) is 6.81. The van der Waals surface area contributed by atoms with Crippen molar-refractivity contribution in [2.24, 2.45) is 0 Å². The second-order valence-corrected chi connectivity index (χ2v) is 7.11. The maximum Gasteiger partial charge on any atom is 0.273 e. The summed E-state index contributed by atoms with van der Waals surface area (Å²) in [6, 6.07) is 8.43. The number of carbonyl (C=O) groups excluding carboxylic acids is 1. The Hall–Kier alpha value is -1.72. The lowest BCUT2D eigenvalue weighted by atomic mass is 10.0. The van der Waals surface area contributed by atoms with E-state index >= 15 is 0 Å². The van der Waals surface area contributed by atoms with Gasteiger partial charge in [-0.25, -0.2) is 4.98 Å². The van der Waals surface area contributed by atoms with Gasteiger partial charge in [0.2, 0.25) is 0 Å². The third-order valence-corrected chi connectivity index (χ3v) is 4.97. The number of nitrogens with zero attached hydrogens (tertiary/aromatic N) is 2. The Kier molecular flexibility index (Phi) is 4.78. The van der Waals surface area contributed by atoms with Crippen LogP contribution in [0.15, 0.2) is 29.6 Å². The Morgan fingerprint density at radius 2 is 2.09 bits per heavy atom. The molecular formula is C18H22N2O2S. The normalized spacial score (nSPS) is 18.4. The minimum absolute atomic E-state index is 0.00134. The van der Waals surface area contributed by atoms with Gasteiger partial charge >= 0.3 is 0 Å². The molecule has 1 fully saturated rings. The van der Waals surface area contributed by atoms with Crippen LogP contribution in [0.25, 0.3) is 10.6 Å². The molecule has 5 heteroatoms. The molecule has 0 aliphatic carbocycles. The SMILES string of the molecule is CC(C)c1ccc(-c2nc(C(=O)N3CCO[C@H](C)C3)cs2)cc1. The molecule has 0 unspecified atom stereocenters. The van der Waals surface area contributed by atoms with Crippen LogP contribution in [0, 0.1) is 0 Å². The summed E-state index contributed by atoms with van der Waals surface area (Å²) in [5.74, 6) is 0.516. The summed E-state index contributed by atoms with van der Waals surface area (Å²) in [7, 11) is 0. The molecule has 1 saturated heterocycles. The van der Waals surface area contributed by atoms with Crippen molar-refractivity contribution in [2.75, 3.05) is 19.7 Å². The quantitative estimate of drug-likeness (QED) is 0.860. The number of hydrogen-bond donors (Lipinski definition) is 0. The molecule has 2 heterocycles. The summed E-state index contributed by atoms with van der Waals surface area (Å²) in [4.78, 5) is 18.9. The Morgan fingerprint density at radius 1 is 1.35 bits per heavy atom. The number of benzene rings is 1. The lowest BCUT2D eigenvalue weighted by Gasteiger charge is -2.30. The molecule has 0 saturated carbocycles. The summed E-state index contributed by atoms with van der Waals surface area (Å²) in [5.41, 5.74) is 2.91. The van der Waals surface area contributed by atoms with Crippen LogP contribution in [0.4, 0.5) is 0 Å². The van der Waals surface area contributed by atoms with E-state index in [0.29, 0.717) is 31.3 Å². The number of carbonyl (C=O) groups is 1. The van der Waals surface area contributed by atoms with Crippen LogP contribution < -0.4 is 0 Å². The van der Waals surface area contributed by atoms with Crippen molar-refractivity contribution in [1.29, 1.82) is 0 Å². The molecule has 1 aliphatic heterocycles. The molecule has 122 valence electrons. The highest BCUT2D eigenvalue weighted by atomic mass is 32.1. The van der Waals surface area contributed by atoms with Gasteiger partial charge in [-0.2, -0.15) is 0 Å². The largest absolute Gasteiger partial charge is 0.375 e. The van der Waals surface area contributed by atoms with Crippen LogP contribution in [-0.2, 0) is 4.74 Å². The summed E-state index contributed by atoms with van der Waals surface area (Å²) in [5, 5.41) is 2.75. The van der Waals surface area contributed by atoms with E-state index in [9.17, 15) is 4.79 Å². The zero-order valence-electron chi connectivity index (χ0n) is 13.8. The third-order valence-electron chi connectivity index (χ3n) is 4.08. The third kappa shape index (κ3) is 3.62. The van der Waals surface area contributed by atoms with Gasteiger partial charge in [0.15, 0.2) is 0 Å². The number of ether oxygens (including phenoxy) is 1. The van der Waals surface area contributed by atoms with Crippen molar-refractivity contribution < 1.29 is 9.53 Å². The molecule has 0 spiro atoms. The van der Waals surface area contributed by atoms with E-state index in [4.69, 9.17) is 4.74 Å². The molecule has 0 N–H and O–H groups in total. The number of aromatic nitrogens is 1. The van der Waals surface area contributed by atoms with Crippen LogP contribution in [0.1, 0.15) is 42.7 Å².